The Bertz CT molecular complexity index is 1420. The Morgan fingerprint density at radius 1 is 1.15 bits per heavy atom. The number of halogens is 1. The molecule has 0 radical (unpaired) electrons. The van der Waals surface area contributed by atoms with Crippen LogP contribution < -0.4 is 10.6 Å². The maximum Gasteiger partial charge on any atom is 0.240 e. The molecule has 0 aliphatic heterocycles. The summed E-state index contributed by atoms with van der Waals surface area (Å²) < 4.78 is 6.70. The lowest BCUT2D eigenvalue weighted by atomic mass is 9.91. The van der Waals surface area contributed by atoms with E-state index in [1.54, 1.807) is 0 Å². The van der Waals surface area contributed by atoms with Crippen molar-refractivity contribution in [1.82, 2.24) is 15.6 Å². The van der Waals surface area contributed by atoms with E-state index in [-0.39, 0.29) is 11.9 Å². The van der Waals surface area contributed by atoms with Crippen LogP contribution in [-0.2, 0) is 17.8 Å². The van der Waals surface area contributed by atoms with Crippen molar-refractivity contribution < 1.29 is 9.21 Å². The molecule has 0 aliphatic carbocycles. The Morgan fingerprint density at radius 2 is 1.94 bits per heavy atom. The fourth-order valence-corrected chi connectivity index (χ4v) is 5.34. The number of carbonyl (C=O) groups is 1. The van der Waals surface area contributed by atoms with E-state index in [1.807, 2.05) is 80.7 Å². The Morgan fingerprint density at radius 3 is 2.74 bits per heavy atom. The van der Waals surface area contributed by atoms with Gasteiger partial charge in [0.15, 0.2) is 0 Å². The second-order valence-corrected chi connectivity index (χ2v) is 10.6. The summed E-state index contributed by atoms with van der Waals surface area (Å²) in [6.07, 6.45) is 2.50. The molecule has 3 heterocycles. The minimum Gasteiger partial charge on any atom is -0.460 e. The van der Waals surface area contributed by atoms with Gasteiger partial charge < -0.3 is 14.7 Å². The van der Waals surface area contributed by atoms with Gasteiger partial charge in [0.1, 0.15) is 11.3 Å². The lowest BCUT2D eigenvalue weighted by molar-refractivity contribution is -0.127. The summed E-state index contributed by atoms with van der Waals surface area (Å²) in [5, 5.41) is 8.84. The van der Waals surface area contributed by atoms with Crippen LogP contribution in [0.25, 0.3) is 21.9 Å². The quantitative estimate of drug-likeness (QED) is 0.229. The van der Waals surface area contributed by atoms with E-state index >= 15 is 0 Å². The van der Waals surface area contributed by atoms with Crippen molar-refractivity contribution in [3.05, 3.63) is 93.5 Å². The van der Waals surface area contributed by atoms with Gasteiger partial charge in [0.25, 0.3) is 0 Å². The second-order valence-electron chi connectivity index (χ2n) is 8.81. The first-order valence-electron chi connectivity index (χ1n) is 11.2. The lowest BCUT2D eigenvalue weighted by Crippen LogP contribution is -2.56. The highest BCUT2D eigenvalue weighted by Gasteiger charge is 2.35. The first-order valence-corrected chi connectivity index (χ1v) is 12.4. The minimum atomic E-state index is -0.876. The summed E-state index contributed by atoms with van der Waals surface area (Å²) in [5.41, 5.74) is 2.10. The number of carbonyl (C=O) groups excluding carboxylic acids is 1. The molecule has 174 valence electrons. The number of fused-ring (bicyclic) bond motifs is 2. The van der Waals surface area contributed by atoms with Gasteiger partial charge >= 0.3 is 0 Å². The van der Waals surface area contributed by atoms with E-state index in [0.29, 0.717) is 17.3 Å². The first-order chi connectivity index (χ1) is 16.4. The monoisotopic (exact) mass is 491 g/mol. The van der Waals surface area contributed by atoms with Crippen molar-refractivity contribution in [3.8, 4) is 0 Å². The van der Waals surface area contributed by atoms with Gasteiger partial charge in [-0.15, -0.1) is 11.3 Å². The summed E-state index contributed by atoms with van der Waals surface area (Å²) in [4.78, 5) is 18.0. The Hall–Kier alpha value is -3.06. The predicted molar refractivity (Wildman–Crippen MR) is 139 cm³/mol. The molecule has 0 bridgehead atoms. The number of nitrogens with one attached hydrogen (secondary N) is 3. The number of furan rings is 1. The van der Waals surface area contributed by atoms with E-state index in [9.17, 15) is 4.79 Å². The number of hydrogen-bond donors (Lipinski definition) is 3. The van der Waals surface area contributed by atoms with Gasteiger partial charge in [0, 0.05) is 33.8 Å². The van der Waals surface area contributed by atoms with Crippen LogP contribution >= 0.6 is 22.9 Å². The van der Waals surface area contributed by atoms with Crippen LogP contribution in [0, 0.1) is 0 Å². The summed E-state index contributed by atoms with van der Waals surface area (Å²) in [5.74, 6) is 0.711. The number of aromatic amines is 1. The number of thiophene rings is 1. The maximum absolute atomic E-state index is 13.7. The smallest absolute Gasteiger partial charge is 0.240 e. The molecule has 0 aliphatic rings. The van der Waals surface area contributed by atoms with E-state index in [2.05, 4.69) is 21.7 Å². The van der Waals surface area contributed by atoms with Gasteiger partial charge in [-0.1, -0.05) is 48.0 Å². The molecule has 5 rings (SSSR count). The average Bonchev–Trinajstić information content (AvgIpc) is 3.56. The molecule has 0 saturated heterocycles. The molecule has 3 aromatic heterocycles. The van der Waals surface area contributed by atoms with Crippen molar-refractivity contribution in [3.63, 3.8) is 0 Å². The zero-order valence-electron chi connectivity index (χ0n) is 19.0. The van der Waals surface area contributed by atoms with Crippen LogP contribution in [0.5, 0.6) is 0 Å². The van der Waals surface area contributed by atoms with Crippen LogP contribution in [0.2, 0.25) is 4.34 Å². The van der Waals surface area contributed by atoms with Crippen LogP contribution in [-0.4, -0.2) is 16.4 Å². The molecule has 5 aromatic rings. The molecule has 2 atom stereocenters. The molecule has 2 aromatic carbocycles. The van der Waals surface area contributed by atoms with Crippen LogP contribution in [0.4, 0.5) is 0 Å². The highest BCUT2D eigenvalue weighted by Crippen LogP contribution is 2.28. The van der Waals surface area contributed by atoms with Gasteiger partial charge in [-0.05, 0) is 49.7 Å². The number of hydrogen-bond acceptors (Lipinski definition) is 4. The van der Waals surface area contributed by atoms with Gasteiger partial charge in [-0.25, -0.2) is 0 Å². The topological polar surface area (TPSA) is 70.1 Å². The largest absolute Gasteiger partial charge is 0.460 e. The van der Waals surface area contributed by atoms with Crippen molar-refractivity contribution in [1.29, 1.82) is 0 Å². The van der Waals surface area contributed by atoms with Gasteiger partial charge in [0.2, 0.25) is 5.91 Å². The third-order valence-electron chi connectivity index (χ3n) is 6.22. The van der Waals surface area contributed by atoms with Crippen LogP contribution in [0.3, 0.4) is 0 Å². The Balaban J connectivity index is 1.41. The third kappa shape index (κ3) is 4.62. The van der Waals surface area contributed by atoms with Crippen LogP contribution in [0.15, 0.2) is 77.3 Å². The highest BCUT2D eigenvalue weighted by atomic mass is 35.5. The van der Waals surface area contributed by atoms with E-state index in [1.165, 1.54) is 11.3 Å². The molecule has 0 fully saturated rings. The molecular formula is C27H26ClN3O2S. The van der Waals surface area contributed by atoms with Crippen molar-refractivity contribution in [2.24, 2.45) is 0 Å². The number of amides is 1. The molecule has 2 unspecified atom stereocenters. The van der Waals surface area contributed by atoms with E-state index in [4.69, 9.17) is 16.0 Å². The summed E-state index contributed by atoms with van der Waals surface area (Å²) in [6, 6.07) is 21.7. The number of H-pyrrole nitrogens is 1. The number of rotatable bonds is 8. The van der Waals surface area contributed by atoms with Crippen molar-refractivity contribution in [2.75, 3.05) is 0 Å². The number of para-hydroxylation sites is 2. The van der Waals surface area contributed by atoms with Crippen molar-refractivity contribution in [2.45, 2.75) is 38.4 Å². The lowest BCUT2D eigenvalue weighted by Gasteiger charge is -2.31. The first kappa shape index (κ1) is 22.7. The fraction of sp³-hybridized carbons (Fsp3) is 0.222. The Kier molecular flexibility index (Phi) is 6.21. The van der Waals surface area contributed by atoms with Gasteiger partial charge in [-0.2, -0.15) is 0 Å². The molecule has 0 spiro atoms. The molecular weight excluding hydrogens is 466 g/mol. The average molecular weight is 492 g/mol. The zero-order chi connectivity index (χ0) is 23.7. The molecule has 1 amide bonds. The van der Waals surface area contributed by atoms with Gasteiger partial charge in [-0.3, -0.25) is 10.1 Å². The SMILES string of the molecule is CC(NC(=O)C(C)(Cc1c[nH]c2ccccc12)NCc1cc2ccccc2o1)c1ccc(Cl)s1. The summed E-state index contributed by atoms with van der Waals surface area (Å²) >= 11 is 7.59. The maximum atomic E-state index is 13.7. The minimum absolute atomic E-state index is 0.0779. The standard InChI is InChI=1S/C27H26ClN3O2S/c1-17(24-11-12-25(28)34-24)31-26(32)27(2,14-19-15-29-22-9-5-4-8-21(19)22)30-16-20-13-18-7-3-6-10-23(18)33-20/h3-13,15,17,29-30H,14,16H2,1-2H3,(H,31,32). The number of aromatic nitrogens is 1. The summed E-state index contributed by atoms with van der Waals surface area (Å²) in [7, 11) is 0. The predicted octanol–water partition coefficient (Wildman–Crippen LogP) is 6.60. The molecule has 3 N–H and O–H groups in total. The van der Waals surface area contributed by atoms with Crippen molar-refractivity contribution >= 4 is 50.7 Å². The molecule has 34 heavy (non-hydrogen) atoms. The normalized spacial score (nSPS) is 14.3. The Labute approximate surface area is 207 Å². The van der Waals surface area contributed by atoms with E-state index in [0.717, 1.165) is 38.1 Å². The molecule has 0 saturated carbocycles. The third-order valence-corrected chi connectivity index (χ3v) is 7.63. The van der Waals surface area contributed by atoms with Gasteiger partial charge in [0.05, 0.1) is 22.5 Å². The molecule has 5 nitrogen and oxygen atoms in total. The summed E-state index contributed by atoms with van der Waals surface area (Å²) in [6.45, 7) is 4.35. The fourth-order valence-electron chi connectivity index (χ4n) is 4.28. The van der Waals surface area contributed by atoms with Crippen LogP contribution in [0.1, 0.15) is 36.1 Å². The zero-order valence-corrected chi connectivity index (χ0v) is 20.6. The van der Waals surface area contributed by atoms with E-state index < -0.39 is 5.54 Å². The highest BCUT2D eigenvalue weighted by molar-refractivity contribution is 7.16. The second kappa shape index (κ2) is 9.29. The molecule has 7 heteroatoms. The number of benzene rings is 2.